The van der Waals surface area contributed by atoms with E-state index in [1.165, 1.54) is 0 Å². The minimum absolute atomic E-state index is 0.209. The SMILES string of the molecule is CC(C)CC(CC(C)C)(C(=O)Br)C(=O)Br. The Balaban J connectivity index is 5.08. The molecular weight excluding hydrogens is 324 g/mol. The van der Waals surface area contributed by atoms with Crippen molar-refractivity contribution in [3.63, 3.8) is 0 Å². The Morgan fingerprint density at radius 3 is 1.33 bits per heavy atom. The zero-order valence-corrected chi connectivity index (χ0v) is 12.8. The van der Waals surface area contributed by atoms with Crippen molar-refractivity contribution in [3.8, 4) is 0 Å². The van der Waals surface area contributed by atoms with Crippen LogP contribution in [0.1, 0.15) is 40.5 Å². The molecule has 0 aliphatic rings. The molecule has 0 spiro atoms. The number of carbonyl (C=O) groups excluding carboxylic acids is 2. The molecule has 0 radical (unpaired) electrons. The average Bonchev–Trinajstić information content (AvgIpc) is 1.99. The fraction of sp³-hybridized carbons (Fsp3) is 0.818. The van der Waals surface area contributed by atoms with Gasteiger partial charge in [0.05, 0.1) is 0 Å². The van der Waals surface area contributed by atoms with Crippen molar-refractivity contribution >= 4 is 41.2 Å². The van der Waals surface area contributed by atoms with Crippen molar-refractivity contribution in [1.29, 1.82) is 0 Å². The number of carbonyl (C=O) groups is 2. The van der Waals surface area contributed by atoms with E-state index in [1.54, 1.807) is 0 Å². The summed E-state index contributed by atoms with van der Waals surface area (Å²) in [6.45, 7) is 8.06. The Labute approximate surface area is 108 Å². The van der Waals surface area contributed by atoms with Crippen LogP contribution in [0.15, 0.2) is 0 Å². The van der Waals surface area contributed by atoms with Crippen LogP contribution in [0, 0.1) is 17.3 Å². The van der Waals surface area contributed by atoms with E-state index in [9.17, 15) is 9.59 Å². The van der Waals surface area contributed by atoms with Crippen LogP contribution in [0.25, 0.3) is 0 Å². The third-order valence-electron chi connectivity index (χ3n) is 2.27. The minimum atomic E-state index is -0.900. The third-order valence-corrected chi connectivity index (χ3v) is 3.78. The van der Waals surface area contributed by atoms with Gasteiger partial charge in [0, 0.05) is 0 Å². The smallest absolute Gasteiger partial charge is 0.212 e. The zero-order valence-electron chi connectivity index (χ0n) is 9.64. The van der Waals surface area contributed by atoms with Gasteiger partial charge in [0.2, 0.25) is 9.39 Å². The average molecular weight is 342 g/mol. The van der Waals surface area contributed by atoms with Crippen LogP contribution in [-0.2, 0) is 9.59 Å². The van der Waals surface area contributed by atoms with E-state index >= 15 is 0 Å². The lowest BCUT2D eigenvalue weighted by atomic mass is 9.76. The molecule has 0 saturated carbocycles. The first kappa shape index (κ1) is 15.3. The molecule has 2 nitrogen and oxygen atoms in total. The quantitative estimate of drug-likeness (QED) is 0.542. The second-order valence-electron chi connectivity index (χ2n) is 4.83. The van der Waals surface area contributed by atoms with Crippen LogP contribution in [0.2, 0.25) is 0 Å². The highest BCUT2D eigenvalue weighted by molar-refractivity contribution is 9.19. The number of halogens is 2. The first-order chi connectivity index (χ1) is 6.72. The van der Waals surface area contributed by atoms with Crippen LogP contribution in [0.5, 0.6) is 0 Å². The molecule has 15 heavy (non-hydrogen) atoms. The molecule has 0 aromatic heterocycles. The summed E-state index contributed by atoms with van der Waals surface area (Å²) in [5, 5.41) is 0. The molecule has 0 heterocycles. The second-order valence-corrected chi connectivity index (χ2v) is 6.27. The van der Waals surface area contributed by atoms with Gasteiger partial charge in [-0.25, -0.2) is 0 Å². The molecule has 0 fully saturated rings. The molecule has 0 saturated heterocycles. The summed E-state index contributed by atoms with van der Waals surface area (Å²) < 4.78 is -0.418. The first-order valence-corrected chi connectivity index (χ1v) is 6.71. The van der Waals surface area contributed by atoms with E-state index in [0.29, 0.717) is 24.7 Å². The van der Waals surface area contributed by atoms with E-state index in [-0.39, 0.29) is 9.39 Å². The van der Waals surface area contributed by atoms with E-state index in [2.05, 4.69) is 31.9 Å². The summed E-state index contributed by atoms with van der Waals surface area (Å²) in [5.41, 5.74) is -0.900. The van der Waals surface area contributed by atoms with Gasteiger partial charge in [0.15, 0.2) is 0 Å². The molecular formula is C11H18Br2O2. The van der Waals surface area contributed by atoms with Crippen LogP contribution in [-0.4, -0.2) is 9.39 Å². The maximum atomic E-state index is 11.6. The van der Waals surface area contributed by atoms with Gasteiger partial charge in [-0.1, -0.05) is 27.7 Å². The lowest BCUT2D eigenvalue weighted by Gasteiger charge is -2.29. The Morgan fingerprint density at radius 2 is 1.20 bits per heavy atom. The summed E-state index contributed by atoms with van der Waals surface area (Å²) in [6, 6.07) is 0. The van der Waals surface area contributed by atoms with E-state index in [4.69, 9.17) is 0 Å². The maximum Gasteiger partial charge on any atom is 0.212 e. The molecule has 0 aliphatic carbocycles. The Morgan fingerprint density at radius 1 is 0.933 bits per heavy atom. The van der Waals surface area contributed by atoms with Gasteiger partial charge < -0.3 is 0 Å². The topological polar surface area (TPSA) is 34.1 Å². The van der Waals surface area contributed by atoms with Gasteiger partial charge in [-0.2, -0.15) is 0 Å². The van der Waals surface area contributed by atoms with Crippen LogP contribution >= 0.6 is 31.9 Å². The van der Waals surface area contributed by atoms with Crippen molar-refractivity contribution < 1.29 is 9.59 Å². The highest BCUT2D eigenvalue weighted by Gasteiger charge is 2.43. The molecule has 0 aromatic carbocycles. The largest absolute Gasteiger partial charge is 0.286 e. The minimum Gasteiger partial charge on any atom is -0.286 e. The van der Waals surface area contributed by atoms with Gasteiger partial charge in [-0.05, 0) is 56.5 Å². The van der Waals surface area contributed by atoms with Crippen molar-refractivity contribution in [2.45, 2.75) is 40.5 Å². The highest BCUT2D eigenvalue weighted by atomic mass is 79.9. The lowest BCUT2D eigenvalue weighted by Crippen LogP contribution is -2.36. The van der Waals surface area contributed by atoms with Crippen LogP contribution < -0.4 is 0 Å². The fourth-order valence-corrected chi connectivity index (χ4v) is 3.15. The summed E-state index contributed by atoms with van der Waals surface area (Å²) >= 11 is 5.93. The molecule has 0 aromatic rings. The van der Waals surface area contributed by atoms with Gasteiger partial charge >= 0.3 is 0 Å². The Kier molecular flexibility index (Phi) is 6.26. The van der Waals surface area contributed by atoms with Crippen LogP contribution in [0.4, 0.5) is 0 Å². The highest BCUT2D eigenvalue weighted by Crippen LogP contribution is 2.39. The van der Waals surface area contributed by atoms with Crippen molar-refractivity contribution in [2.24, 2.45) is 17.3 Å². The molecule has 4 heteroatoms. The second kappa shape index (κ2) is 6.14. The van der Waals surface area contributed by atoms with Crippen LogP contribution in [0.3, 0.4) is 0 Å². The number of rotatable bonds is 6. The summed E-state index contributed by atoms with van der Waals surface area (Å²) in [7, 11) is 0. The van der Waals surface area contributed by atoms with E-state index in [0.717, 1.165) is 0 Å². The maximum absolute atomic E-state index is 11.6. The number of hydrogen-bond donors (Lipinski definition) is 0. The van der Waals surface area contributed by atoms with E-state index < -0.39 is 5.41 Å². The van der Waals surface area contributed by atoms with E-state index in [1.807, 2.05) is 27.7 Å². The summed E-state index contributed by atoms with van der Waals surface area (Å²) in [5.74, 6) is 0.624. The van der Waals surface area contributed by atoms with Gasteiger partial charge in [0.25, 0.3) is 0 Å². The lowest BCUT2D eigenvalue weighted by molar-refractivity contribution is -0.131. The molecule has 88 valence electrons. The fourth-order valence-electron chi connectivity index (χ4n) is 1.88. The Hall–Kier alpha value is 0.300. The molecule has 0 amide bonds. The molecule has 0 unspecified atom stereocenters. The Bertz CT molecular complexity index is 221. The zero-order chi connectivity index (χ0) is 12.2. The molecule has 0 aliphatic heterocycles. The summed E-state index contributed by atoms with van der Waals surface area (Å²) in [6.07, 6.45) is 1.17. The van der Waals surface area contributed by atoms with Gasteiger partial charge in [0.1, 0.15) is 5.41 Å². The molecule has 0 rings (SSSR count). The first-order valence-electron chi connectivity index (χ1n) is 5.12. The summed E-state index contributed by atoms with van der Waals surface area (Å²) in [4.78, 5) is 23.3. The van der Waals surface area contributed by atoms with Gasteiger partial charge in [-0.3, -0.25) is 9.59 Å². The standard InChI is InChI=1S/C11H18Br2O2/c1-7(2)5-11(9(12)14,10(13)15)6-8(3)4/h7-8H,5-6H2,1-4H3. The third kappa shape index (κ3) is 4.35. The van der Waals surface area contributed by atoms with Crippen molar-refractivity contribution in [1.82, 2.24) is 0 Å². The normalized spacial score (nSPS) is 12.3. The molecule has 0 N–H and O–H groups in total. The predicted octanol–water partition coefficient (Wildman–Crippen LogP) is 3.91. The predicted molar refractivity (Wildman–Crippen MR) is 69.2 cm³/mol. The number of hydrogen-bond acceptors (Lipinski definition) is 2. The van der Waals surface area contributed by atoms with Crippen molar-refractivity contribution in [2.75, 3.05) is 0 Å². The molecule has 0 atom stereocenters. The molecule has 0 bridgehead atoms. The monoisotopic (exact) mass is 340 g/mol. The van der Waals surface area contributed by atoms with Crippen molar-refractivity contribution in [3.05, 3.63) is 0 Å². The van der Waals surface area contributed by atoms with Gasteiger partial charge in [-0.15, -0.1) is 0 Å².